The van der Waals surface area contributed by atoms with Gasteiger partial charge in [-0.05, 0) is 31.9 Å². The van der Waals surface area contributed by atoms with Crippen LogP contribution in [0.25, 0.3) is 0 Å². The Morgan fingerprint density at radius 3 is 2.37 bits per heavy atom. The van der Waals surface area contributed by atoms with Gasteiger partial charge in [-0.1, -0.05) is 19.1 Å². The van der Waals surface area contributed by atoms with Crippen molar-refractivity contribution >= 4 is 17.3 Å². The Labute approximate surface area is 114 Å². The van der Waals surface area contributed by atoms with Crippen LogP contribution in [0.3, 0.4) is 0 Å². The largest absolute Gasteiger partial charge is 0.397 e. The van der Waals surface area contributed by atoms with E-state index >= 15 is 0 Å². The lowest BCUT2D eigenvalue weighted by molar-refractivity contribution is -0.124. The summed E-state index contributed by atoms with van der Waals surface area (Å²) in [5, 5.41) is 0. The van der Waals surface area contributed by atoms with Crippen LogP contribution < -0.4 is 10.6 Å². The highest BCUT2D eigenvalue weighted by molar-refractivity contribution is 5.97. The molecule has 2 N–H and O–H groups in total. The Hall–Kier alpha value is -1.55. The quantitative estimate of drug-likeness (QED) is 0.832. The first-order valence-corrected chi connectivity index (χ1v) is 6.71. The molecular weight excluding hydrogens is 240 g/mol. The molecule has 1 amide bonds. The fourth-order valence-electron chi connectivity index (χ4n) is 2.83. The molecule has 0 aliphatic carbocycles. The molecule has 1 aromatic carbocycles. The average molecular weight is 262 g/mol. The lowest BCUT2D eigenvalue weighted by atomic mass is 9.88. The van der Waals surface area contributed by atoms with Gasteiger partial charge in [0.15, 0.2) is 0 Å². The number of ether oxygens (including phenoxy) is 1. The minimum Gasteiger partial charge on any atom is -0.397 e. The lowest BCUT2D eigenvalue weighted by Crippen LogP contribution is -2.39. The smallest absolute Gasteiger partial charge is 0.232 e. The summed E-state index contributed by atoms with van der Waals surface area (Å²) in [5.41, 5.74) is 7.30. The molecule has 1 aromatic rings. The molecule has 4 unspecified atom stereocenters. The third kappa shape index (κ3) is 2.45. The summed E-state index contributed by atoms with van der Waals surface area (Å²) in [5.74, 6) is 0.178. The van der Waals surface area contributed by atoms with Crippen LogP contribution in [0.1, 0.15) is 20.8 Å². The van der Waals surface area contributed by atoms with Crippen LogP contribution in [0, 0.1) is 11.8 Å². The van der Waals surface area contributed by atoms with E-state index in [9.17, 15) is 4.79 Å². The van der Waals surface area contributed by atoms with E-state index in [1.54, 1.807) is 18.0 Å². The Morgan fingerprint density at radius 2 is 1.84 bits per heavy atom. The number of benzene rings is 1. The zero-order chi connectivity index (χ0) is 14.2. The molecule has 1 heterocycles. The second-order valence-electron chi connectivity index (χ2n) is 5.39. The van der Waals surface area contributed by atoms with Crippen molar-refractivity contribution < 1.29 is 9.53 Å². The van der Waals surface area contributed by atoms with E-state index in [0.29, 0.717) is 5.69 Å². The lowest BCUT2D eigenvalue weighted by Gasteiger charge is -2.26. The Balaban J connectivity index is 2.23. The van der Waals surface area contributed by atoms with Gasteiger partial charge in [0.2, 0.25) is 5.91 Å². The average Bonchev–Trinajstić information content (AvgIpc) is 2.62. The van der Waals surface area contributed by atoms with Gasteiger partial charge in [-0.3, -0.25) is 4.79 Å². The summed E-state index contributed by atoms with van der Waals surface area (Å²) < 4.78 is 5.74. The number of nitrogens with two attached hydrogens (primary N) is 1. The van der Waals surface area contributed by atoms with Crippen molar-refractivity contribution in [2.24, 2.45) is 11.8 Å². The van der Waals surface area contributed by atoms with E-state index in [1.165, 1.54) is 0 Å². The molecule has 1 aliphatic heterocycles. The molecule has 19 heavy (non-hydrogen) atoms. The van der Waals surface area contributed by atoms with Crippen molar-refractivity contribution in [2.75, 3.05) is 17.7 Å². The van der Waals surface area contributed by atoms with Crippen molar-refractivity contribution in [3.8, 4) is 0 Å². The number of nitrogen functional groups attached to an aromatic ring is 1. The number of hydrogen-bond donors (Lipinski definition) is 1. The van der Waals surface area contributed by atoms with Crippen LogP contribution in [0.2, 0.25) is 0 Å². The molecular formula is C15H22N2O2. The molecule has 1 aliphatic rings. The minimum atomic E-state index is -0.111. The molecule has 4 nitrogen and oxygen atoms in total. The van der Waals surface area contributed by atoms with Crippen molar-refractivity contribution in [1.82, 2.24) is 0 Å². The number of amides is 1. The van der Waals surface area contributed by atoms with Gasteiger partial charge in [0.1, 0.15) is 0 Å². The topological polar surface area (TPSA) is 55.6 Å². The maximum atomic E-state index is 12.7. The number of para-hydroxylation sites is 2. The molecule has 2 rings (SSSR count). The second-order valence-corrected chi connectivity index (χ2v) is 5.39. The monoisotopic (exact) mass is 262 g/mol. The second kappa shape index (κ2) is 5.21. The van der Waals surface area contributed by atoms with Gasteiger partial charge in [0, 0.05) is 7.05 Å². The van der Waals surface area contributed by atoms with E-state index in [4.69, 9.17) is 10.5 Å². The number of rotatable bonds is 2. The molecule has 1 saturated heterocycles. The zero-order valence-corrected chi connectivity index (χ0v) is 12.0. The van der Waals surface area contributed by atoms with Gasteiger partial charge in [-0.25, -0.2) is 0 Å². The van der Waals surface area contributed by atoms with Gasteiger partial charge in [0.05, 0.1) is 29.5 Å². The number of anilines is 2. The highest BCUT2D eigenvalue weighted by atomic mass is 16.5. The summed E-state index contributed by atoms with van der Waals surface area (Å²) in [6.07, 6.45) is 0.0651. The number of hydrogen-bond acceptors (Lipinski definition) is 3. The standard InChI is InChI=1S/C15H22N2O2/c1-9-10(2)19-11(3)14(9)15(18)17(4)13-8-6-5-7-12(13)16/h5-11,14H,16H2,1-4H3. The van der Waals surface area contributed by atoms with E-state index in [2.05, 4.69) is 6.92 Å². The van der Waals surface area contributed by atoms with Crippen molar-refractivity contribution in [2.45, 2.75) is 33.0 Å². The number of nitrogens with zero attached hydrogens (tertiary/aromatic N) is 1. The van der Waals surface area contributed by atoms with Gasteiger partial charge < -0.3 is 15.4 Å². The third-order valence-electron chi connectivity index (χ3n) is 4.16. The van der Waals surface area contributed by atoms with Crippen LogP contribution in [-0.2, 0) is 9.53 Å². The summed E-state index contributed by atoms with van der Waals surface area (Å²) >= 11 is 0. The molecule has 0 saturated carbocycles. The van der Waals surface area contributed by atoms with E-state index in [-0.39, 0.29) is 30.0 Å². The molecule has 0 aromatic heterocycles. The summed E-state index contributed by atoms with van der Waals surface area (Å²) in [6.45, 7) is 6.05. The van der Waals surface area contributed by atoms with E-state index in [1.807, 2.05) is 32.0 Å². The van der Waals surface area contributed by atoms with Crippen molar-refractivity contribution in [3.05, 3.63) is 24.3 Å². The predicted octanol–water partition coefficient (Wildman–Crippen LogP) is 2.29. The molecule has 104 valence electrons. The Bertz CT molecular complexity index is 475. The Morgan fingerprint density at radius 1 is 1.21 bits per heavy atom. The molecule has 0 spiro atoms. The predicted molar refractivity (Wildman–Crippen MR) is 76.9 cm³/mol. The van der Waals surface area contributed by atoms with E-state index in [0.717, 1.165) is 5.69 Å². The van der Waals surface area contributed by atoms with Crippen molar-refractivity contribution in [1.29, 1.82) is 0 Å². The first kappa shape index (κ1) is 13.9. The first-order valence-electron chi connectivity index (χ1n) is 6.71. The normalized spacial score (nSPS) is 30.3. The maximum absolute atomic E-state index is 12.7. The van der Waals surface area contributed by atoms with Crippen LogP contribution >= 0.6 is 0 Å². The molecule has 4 atom stereocenters. The Kier molecular flexibility index (Phi) is 3.80. The van der Waals surface area contributed by atoms with Crippen LogP contribution in [0.15, 0.2) is 24.3 Å². The molecule has 0 radical (unpaired) electrons. The summed E-state index contributed by atoms with van der Waals surface area (Å²) in [4.78, 5) is 14.3. The molecule has 4 heteroatoms. The minimum absolute atomic E-state index is 0.0510. The number of carbonyl (C=O) groups is 1. The van der Waals surface area contributed by atoms with Crippen LogP contribution in [0.4, 0.5) is 11.4 Å². The third-order valence-corrected chi connectivity index (χ3v) is 4.16. The van der Waals surface area contributed by atoms with Gasteiger partial charge in [-0.15, -0.1) is 0 Å². The van der Waals surface area contributed by atoms with Gasteiger partial charge in [0.25, 0.3) is 0 Å². The maximum Gasteiger partial charge on any atom is 0.232 e. The van der Waals surface area contributed by atoms with Crippen LogP contribution in [-0.4, -0.2) is 25.2 Å². The first-order chi connectivity index (χ1) is 8.93. The fourth-order valence-corrected chi connectivity index (χ4v) is 2.83. The van der Waals surface area contributed by atoms with Crippen molar-refractivity contribution in [3.63, 3.8) is 0 Å². The van der Waals surface area contributed by atoms with Crippen LogP contribution in [0.5, 0.6) is 0 Å². The molecule has 0 bridgehead atoms. The number of carbonyl (C=O) groups excluding carboxylic acids is 1. The highest BCUT2D eigenvalue weighted by Gasteiger charge is 2.43. The SMILES string of the molecule is CC1OC(C)C(C(=O)N(C)c2ccccc2N)C1C. The highest BCUT2D eigenvalue weighted by Crippen LogP contribution is 2.35. The van der Waals surface area contributed by atoms with Gasteiger partial charge >= 0.3 is 0 Å². The molecule has 1 fully saturated rings. The van der Waals surface area contributed by atoms with E-state index < -0.39 is 0 Å². The zero-order valence-electron chi connectivity index (χ0n) is 12.0. The summed E-state index contributed by atoms with van der Waals surface area (Å²) in [7, 11) is 1.77. The fraction of sp³-hybridized carbons (Fsp3) is 0.533. The summed E-state index contributed by atoms with van der Waals surface area (Å²) in [6, 6.07) is 7.42. The van der Waals surface area contributed by atoms with Gasteiger partial charge in [-0.2, -0.15) is 0 Å².